The Morgan fingerprint density at radius 3 is 2.56 bits per heavy atom. The molecule has 1 N–H and O–H groups in total. The van der Waals surface area contributed by atoms with Crippen molar-refractivity contribution in [2.75, 3.05) is 7.11 Å². The highest BCUT2D eigenvalue weighted by atomic mass is 35.5. The number of ketones is 1. The Kier molecular flexibility index (Phi) is 9.42. The molecule has 4 rings (SSSR count). The highest BCUT2D eigenvalue weighted by Gasteiger charge is 2.23. The molecule has 0 spiro atoms. The summed E-state index contributed by atoms with van der Waals surface area (Å²) >= 11 is 8.21. The second-order valence-electron chi connectivity index (χ2n) is 8.15. The van der Waals surface area contributed by atoms with Gasteiger partial charge in [0.1, 0.15) is 16.5 Å². The van der Waals surface area contributed by atoms with Gasteiger partial charge in [-0.3, -0.25) is 4.79 Å². The van der Waals surface area contributed by atoms with E-state index in [1.165, 1.54) is 18.3 Å². The predicted molar refractivity (Wildman–Crippen MR) is 145 cm³/mol. The first-order chi connectivity index (χ1) is 17.1. The number of aliphatic imine (C=N–C) groups is 1. The van der Waals surface area contributed by atoms with Crippen molar-refractivity contribution < 1.29 is 24.2 Å². The number of methoxy groups -OCH3 is 1. The van der Waals surface area contributed by atoms with Crippen LogP contribution >= 0.6 is 34.3 Å². The Hall–Kier alpha value is -3.01. The summed E-state index contributed by atoms with van der Waals surface area (Å²) in [7, 11) is 1.63. The van der Waals surface area contributed by atoms with Crippen LogP contribution in [-0.2, 0) is 6.61 Å². The smallest absolute Gasteiger partial charge is 0.346 e. The maximum Gasteiger partial charge on any atom is 0.346 e. The number of hydrogen-bond acceptors (Lipinski definition) is 8. The van der Waals surface area contributed by atoms with Gasteiger partial charge in [0.25, 0.3) is 0 Å². The Bertz CT molecular complexity index is 1330. The number of ether oxygens (including phenoxy) is 2. The highest BCUT2D eigenvalue weighted by Crippen LogP contribution is 2.37. The van der Waals surface area contributed by atoms with Crippen LogP contribution in [0.15, 0.2) is 40.7 Å². The SMILES string of the molecule is C=C1CCC/C1=N\c1sc(C(=O)O)c(C)c1C(C)=O.COc1cc(C)ccc1OCc1csc(Cl)n1. The van der Waals surface area contributed by atoms with Gasteiger partial charge in [0.15, 0.2) is 21.7 Å². The van der Waals surface area contributed by atoms with Crippen molar-refractivity contribution in [1.29, 1.82) is 0 Å². The molecule has 1 fully saturated rings. The van der Waals surface area contributed by atoms with E-state index >= 15 is 0 Å². The molecule has 36 heavy (non-hydrogen) atoms. The number of nitrogens with zero attached hydrogens (tertiary/aromatic N) is 2. The van der Waals surface area contributed by atoms with Crippen LogP contribution in [0.3, 0.4) is 0 Å². The topological polar surface area (TPSA) is 98.1 Å². The number of carbonyl (C=O) groups is 2. The number of halogens is 1. The lowest BCUT2D eigenvalue weighted by molar-refractivity contribution is 0.0701. The van der Waals surface area contributed by atoms with E-state index in [0.717, 1.165) is 58.9 Å². The van der Waals surface area contributed by atoms with E-state index in [-0.39, 0.29) is 10.7 Å². The number of hydrogen-bond donors (Lipinski definition) is 1. The highest BCUT2D eigenvalue weighted by molar-refractivity contribution is 7.18. The van der Waals surface area contributed by atoms with Crippen LogP contribution in [0.5, 0.6) is 11.5 Å². The summed E-state index contributed by atoms with van der Waals surface area (Å²) in [6.07, 6.45) is 2.78. The molecule has 1 aliphatic rings. The number of aryl methyl sites for hydroxylation is 1. The lowest BCUT2D eigenvalue weighted by Gasteiger charge is -2.10. The first kappa shape index (κ1) is 27.6. The third kappa shape index (κ3) is 6.81. The van der Waals surface area contributed by atoms with E-state index in [1.54, 1.807) is 14.0 Å². The normalized spacial score (nSPS) is 13.9. The average Bonchev–Trinajstić information content (AvgIpc) is 3.52. The van der Waals surface area contributed by atoms with Gasteiger partial charge in [-0.1, -0.05) is 24.2 Å². The van der Waals surface area contributed by atoms with E-state index in [4.69, 9.17) is 26.2 Å². The number of thiophene rings is 1. The summed E-state index contributed by atoms with van der Waals surface area (Å²) in [4.78, 5) is 31.6. The minimum absolute atomic E-state index is 0.149. The van der Waals surface area contributed by atoms with Gasteiger partial charge in [0, 0.05) is 11.1 Å². The van der Waals surface area contributed by atoms with Crippen LogP contribution in [-0.4, -0.2) is 34.7 Å². The molecule has 0 atom stereocenters. The Morgan fingerprint density at radius 2 is 2.00 bits per heavy atom. The van der Waals surface area contributed by atoms with E-state index in [0.29, 0.717) is 33.0 Å². The zero-order valence-electron chi connectivity index (χ0n) is 20.5. The summed E-state index contributed by atoms with van der Waals surface area (Å²) in [5.41, 5.74) is 4.76. The number of Topliss-reactive ketones (excluding diaryl/α,β-unsaturated/α-hetero) is 1. The van der Waals surface area contributed by atoms with E-state index in [1.807, 2.05) is 30.5 Å². The second-order valence-corrected chi connectivity index (χ2v) is 10.6. The first-order valence-electron chi connectivity index (χ1n) is 11.1. The monoisotopic (exact) mass is 546 g/mol. The lowest BCUT2D eigenvalue weighted by atomic mass is 10.1. The molecule has 1 aromatic carbocycles. The number of aromatic nitrogens is 1. The molecule has 0 saturated heterocycles. The number of carboxylic acid groups (broad SMARTS) is 1. The minimum Gasteiger partial charge on any atom is -0.493 e. The van der Waals surface area contributed by atoms with Crippen LogP contribution in [0, 0.1) is 13.8 Å². The molecule has 0 unspecified atom stereocenters. The van der Waals surface area contributed by atoms with Gasteiger partial charge in [-0.05, 0) is 68.9 Å². The third-order valence-electron chi connectivity index (χ3n) is 5.43. The summed E-state index contributed by atoms with van der Waals surface area (Å²) in [6.45, 7) is 9.44. The molecule has 0 bridgehead atoms. The number of aromatic carboxylic acids is 1. The maximum absolute atomic E-state index is 11.7. The molecular weight excluding hydrogens is 520 g/mol. The van der Waals surface area contributed by atoms with Crippen molar-refractivity contribution in [2.45, 2.75) is 46.6 Å². The number of allylic oxidation sites excluding steroid dienone is 1. The fourth-order valence-electron chi connectivity index (χ4n) is 3.64. The molecular formula is C26H27ClN2O5S2. The van der Waals surface area contributed by atoms with Crippen molar-refractivity contribution in [1.82, 2.24) is 4.98 Å². The number of rotatable bonds is 7. The zero-order chi connectivity index (χ0) is 26.4. The fourth-order valence-corrected chi connectivity index (χ4v) is 5.49. The van der Waals surface area contributed by atoms with Gasteiger partial charge in [-0.15, -0.1) is 22.7 Å². The van der Waals surface area contributed by atoms with Gasteiger partial charge >= 0.3 is 5.97 Å². The molecule has 2 heterocycles. The number of benzene rings is 1. The Balaban J connectivity index is 0.000000202. The third-order valence-corrected chi connectivity index (χ3v) is 7.63. The van der Waals surface area contributed by atoms with E-state index < -0.39 is 5.97 Å². The number of carbonyl (C=O) groups excluding carboxylic acids is 1. The quantitative estimate of drug-likeness (QED) is 0.309. The molecule has 0 aliphatic heterocycles. The molecule has 7 nitrogen and oxygen atoms in total. The summed E-state index contributed by atoms with van der Waals surface area (Å²) in [5, 5.41) is 11.5. The van der Waals surface area contributed by atoms with Gasteiger partial charge in [0.05, 0.1) is 18.4 Å². The Morgan fingerprint density at radius 1 is 1.25 bits per heavy atom. The van der Waals surface area contributed by atoms with Gasteiger partial charge in [0.2, 0.25) is 0 Å². The molecule has 3 aromatic rings. The molecule has 0 radical (unpaired) electrons. The molecule has 2 aromatic heterocycles. The predicted octanol–water partition coefficient (Wildman–Crippen LogP) is 7.46. The van der Waals surface area contributed by atoms with Crippen molar-refractivity contribution >= 4 is 56.7 Å². The molecule has 0 amide bonds. The van der Waals surface area contributed by atoms with Crippen LogP contribution in [0.25, 0.3) is 0 Å². The molecule has 10 heteroatoms. The summed E-state index contributed by atoms with van der Waals surface area (Å²) < 4.78 is 11.4. The maximum atomic E-state index is 11.7. The first-order valence-corrected chi connectivity index (χ1v) is 13.2. The van der Waals surface area contributed by atoms with E-state index in [9.17, 15) is 9.59 Å². The standard InChI is InChI=1S/C14H15NO3S.C12H12ClNO2S/c1-7-5-4-6-10(7)15-13-11(9(3)16)8(2)12(19-13)14(17)18;1-8-3-4-10(11(5-8)15-2)16-6-9-7-17-12(13)14-9/h1,4-6H2,2-3H3,(H,17,18);3-5,7H,6H2,1-2H3/b15-10+;. The molecule has 190 valence electrons. The molecule has 1 saturated carbocycles. The van der Waals surface area contributed by atoms with Crippen molar-refractivity contribution in [3.8, 4) is 11.5 Å². The van der Waals surface area contributed by atoms with Crippen LogP contribution in [0.1, 0.15) is 63.0 Å². The van der Waals surface area contributed by atoms with Crippen molar-refractivity contribution in [3.63, 3.8) is 0 Å². The Labute approximate surface area is 223 Å². The fraction of sp³-hybridized carbons (Fsp3) is 0.308. The largest absolute Gasteiger partial charge is 0.493 e. The molecule has 1 aliphatic carbocycles. The summed E-state index contributed by atoms with van der Waals surface area (Å²) in [6, 6.07) is 5.80. The average molecular weight is 547 g/mol. The number of thiazole rings is 1. The van der Waals surface area contributed by atoms with E-state index in [2.05, 4.69) is 16.6 Å². The van der Waals surface area contributed by atoms with Crippen molar-refractivity contribution in [3.05, 3.63) is 67.5 Å². The van der Waals surface area contributed by atoms with Crippen LogP contribution in [0.2, 0.25) is 4.47 Å². The van der Waals surface area contributed by atoms with Crippen LogP contribution in [0.4, 0.5) is 5.00 Å². The number of carboxylic acids is 1. The van der Waals surface area contributed by atoms with Gasteiger partial charge < -0.3 is 14.6 Å². The van der Waals surface area contributed by atoms with Crippen molar-refractivity contribution in [2.24, 2.45) is 4.99 Å². The zero-order valence-corrected chi connectivity index (χ0v) is 22.9. The summed E-state index contributed by atoms with van der Waals surface area (Å²) in [5.74, 6) is 0.277. The second kappa shape index (κ2) is 12.3. The van der Waals surface area contributed by atoms with Gasteiger partial charge in [-0.25, -0.2) is 14.8 Å². The lowest BCUT2D eigenvalue weighted by Crippen LogP contribution is -1.99. The van der Waals surface area contributed by atoms with Gasteiger partial charge in [-0.2, -0.15) is 0 Å². The minimum atomic E-state index is -1.01. The van der Waals surface area contributed by atoms with Crippen LogP contribution < -0.4 is 9.47 Å².